The molecule has 0 aliphatic heterocycles. The Kier molecular flexibility index (Phi) is 5.73. The lowest BCUT2D eigenvalue weighted by Gasteiger charge is -2.20. The maximum absolute atomic E-state index is 11.8. The van der Waals surface area contributed by atoms with E-state index in [1.165, 1.54) is 18.2 Å². The number of carbonyl (C=O) groups excluding carboxylic acids is 1. The van der Waals surface area contributed by atoms with Crippen LogP contribution in [-0.4, -0.2) is 37.1 Å². The van der Waals surface area contributed by atoms with Gasteiger partial charge in [-0.1, -0.05) is 13.8 Å². The fourth-order valence-corrected chi connectivity index (χ4v) is 1.77. The average molecular weight is 289 g/mol. The Morgan fingerprint density at radius 2 is 2.10 bits per heavy atom. The third-order valence-corrected chi connectivity index (χ3v) is 2.86. The summed E-state index contributed by atoms with van der Waals surface area (Å²) in [4.78, 5) is 24.3. The van der Waals surface area contributed by atoms with Crippen LogP contribution in [0, 0.1) is 17.2 Å². The standard InChI is InChI=1S/C15H19N3O3/c1-10(2)8-17-14(19)9-18(3)13-5-4-11(15(20)21)6-12(13)7-16/h4-6,10H,8-9H2,1-3H3,(H,17,19)(H,20,21). The minimum Gasteiger partial charge on any atom is -0.478 e. The van der Waals surface area contributed by atoms with Crippen LogP contribution in [0.4, 0.5) is 5.69 Å². The first-order chi connectivity index (χ1) is 9.85. The molecular weight excluding hydrogens is 270 g/mol. The van der Waals surface area contributed by atoms with E-state index in [1.807, 2.05) is 19.9 Å². The second-order valence-electron chi connectivity index (χ2n) is 5.20. The van der Waals surface area contributed by atoms with Gasteiger partial charge >= 0.3 is 5.97 Å². The van der Waals surface area contributed by atoms with Crippen molar-refractivity contribution in [3.63, 3.8) is 0 Å². The van der Waals surface area contributed by atoms with Crippen LogP contribution < -0.4 is 10.2 Å². The summed E-state index contributed by atoms with van der Waals surface area (Å²) in [6, 6.07) is 6.22. The number of hydrogen-bond donors (Lipinski definition) is 2. The van der Waals surface area contributed by atoms with Gasteiger partial charge in [0.15, 0.2) is 0 Å². The van der Waals surface area contributed by atoms with Crippen LogP contribution in [0.1, 0.15) is 29.8 Å². The van der Waals surface area contributed by atoms with Gasteiger partial charge in [-0.05, 0) is 24.1 Å². The summed E-state index contributed by atoms with van der Waals surface area (Å²) >= 11 is 0. The van der Waals surface area contributed by atoms with Crippen LogP contribution in [0.15, 0.2) is 18.2 Å². The van der Waals surface area contributed by atoms with Crippen LogP contribution in [-0.2, 0) is 4.79 Å². The second kappa shape index (κ2) is 7.29. The maximum atomic E-state index is 11.8. The van der Waals surface area contributed by atoms with Crippen LogP contribution >= 0.6 is 0 Å². The zero-order valence-corrected chi connectivity index (χ0v) is 12.4. The number of carbonyl (C=O) groups is 2. The molecule has 0 aliphatic carbocycles. The van der Waals surface area contributed by atoms with E-state index >= 15 is 0 Å². The van der Waals surface area contributed by atoms with Crippen molar-refractivity contribution in [1.82, 2.24) is 5.32 Å². The zero-order valence-electron chi connectivity index (χ0n) is 12.4. The molecule has 21 heavy (non-hydrogen) atoms. The first kappa shape index (κ1) is 16.5. The Bertz CT molecular complexity index is 576. The maximum Gasteiger partial charge on any atom is 0.335 e. The van der Waals surface area contributed by atoms with E-state index in [9.17, 15) is 9.59 Å². The van der Waals surface area contributed by atoms with Gasteiger partial charge in [-0.25, -0.2) is 4.79 Å². The molecule has 0 saturated carbocycles. The molecule has 6 heteroatoms. The smallest absolute Gasteiger partial charge is 0.335 e. The highest BCUT2D eigenvalue weighted by Crippen LogP contribution is 2.20. The molecule has 112 valence electrons. The number of hydrogen-bond acceptors (Lipinski definition) is 4. The topological polar surface area (TPSA) is 93.4 Å². The van der Waals surface area contributed by atoms with Gasteiger partial charge < -0.3 is 15.3 Å². The summed E-state index contributed by atoms with van der Waals surface area (Å²) in [5, 5.41) is 20.8. The number of likely N-dealkylation sites (N-methyl/N-ethyl adjacent to an activating group) is 1. The molecule has 1 rings (SSSR count). The quantitative estimate of drug-likeness (QED) is 0.827. The Hall–Kier alpha value is -2.55. The van der Waals surface area contributed by atoms with E-state index in [2.05, 4.69) is 5.32 Å². The molecule has 0 spiro atoms. The van der Waals surface area contributed by atoms with Crippen LogP contribution in [0.2, 0.25) is 0 Å². The fourth-order valence-electron chi connectivity index (χ4n) is 1.77. The number of aromatic carboxylic acids is 1. The first-order valence-corrected chi connectivity index (χ1v) is 6.60. The Morgan fingerprint density at radius 3 is 2.62 bits per heavy atom. The number of amides is 1. The zero-order chi connectivity index (χ0) is 16.0. The number of carboxylic acid groups (broad SMARTS) is 1. The second-order valence-corrected chi connectivity index (χ2v) is 5.20. The molecule has 0 heterocycles. The lowest BCUT2D eigenvalue weighted by molar-refractivity contribution is -0.119. The molecule has 0 bridgehead atoms. The van der Waals surface area contributed by atoms with Crippen molar-refractivity contribution >= 4 is 17.6 Å². The van der Waals surface area contributed by atoms with Gasteiger partial charge in [0.2, 0.25) is 5.91 Å². The molecule has 0 saturated heterocycles. The summed E-state index contributed by atoms with van der Waals surface area (Å²) in [5.41, 5.74) is 0.809. The van der Waals surface area contributed by atoms with Gasteiger partial charge in [-0.2, -0.15) is 5.26 Å². The number of nitriles is 1. The third kappa shape index (κ3) is 4.80. The van der Waals surface area contributed by atoms with Gasteiger partial charge in [0.25, 0.3) is 0 Å². The van der Waals surface area contributed by atoms with Crippen LogP contribution in [0.3, 0.4) is 0 Å². The number of carboxylic acids is 1. The van der Waals surface area contributed by atoms with Crippen molar-refractivity contribution in [2.45, 2.75) is 13.8 Å². The summed E-state index contributed by atoms with van der Waals surface area (Å²) in [6.45, 7) is 4.70. The van der Waals surface area contributed by atoms with E-state index in [1.54, 1.807) is 11.9 Å². The van der Waals surface area contributed by atoms with Gasteiger partial charge in [-0.3, -0.25) is 4.79 Å². The molecule has 1 aromatic carbocycles. The predicted octanol–water partition coefficient (Wildman–Crippen LogP) is 1.46. The molecular formula is C15H19N3O3. The van der Waals surface area contributed by atoms with Gasteiger partial charge in [-0.15, -0.1) is 0 Å². The van der Waals surface area contributed by atoms with E-state index in [4.69, 9.17) is 10.4 Å². The van der Waals surface area contributed by atoms with Gasteiger partial charge in [0, 0.05) is 13.6 Å². The number of nitrogens with zero attached hydrogens (tertiary/aromatic N) is 2. The highest BCUT2D eigenvalue weighted by molar-refractivity contribution is 5.89. The lowest BCUT2D eigenvalue weighted by Crippen LogP contribution is -2.37. The molecule has 0 radical (unpaired) electrons. The third-order valence-electron chi connectivity index (χ3n) is 2.86. The number of benzene rings is 1. The monoisotopic (exact) mass is 289 g/mol. The summed E-state index contributed by atoms with van der Waals surface area (Å²) < 4.78 is 0. The van der Waals surface area contributed by atoms with Crippen molar-refractivity contribution in [3.8, 4) is 6.07 Å². The molecule has 0 unspecified atom stereocenters. The lowest BCUT2D eigenvalue weighted by atomic mass is 10.1. The van der Waals surface area contributed by atoms with E-state index in [0.717, 1.165) is 0 Å². The molecule has 0 atom stereocenters. The molecule has 1 amide bonds. The van der Waals surface area contributed by atoms with Crippen molar-refractivity contribution < 1.29 is 14.7 Å². The fraction of sp³-hybridized carbons (Fsp3) is 0.400. The van der Waals surface area contributed by atoms with Crippen molar-refractivity contribution in [1.29, 1.82) is 5.26 Å². The summed E-state index contributed by atoms with van der Waals surface area (Å²) in [5.74, 6) is -0.864. The minimum absolute atomic E-state index is 0.0490. The predicted molar refractivity (Wildman–Crippen MR) is 79.2 cm³/mol. The van der Waals surface area contributed by atoms with Crippen molar-refractivity contribution in [2.24, 2.45) is 5.92 Å². The van der Waals surface area contributed by atoms with Crippen molar-refractivity contribution in [3.05, 3.63) is 29.3 Å². The SMILES string of the molecule is CC(C)CNC(=O)CN(C)c1ccc(C(=O)O)cc1C#N. The average Bonchev–Trinajstić information content (AvgIpc) is 2.44. The Balaban J connectivity index is 2.83. The minimum atomic E-state index is -1.09. The number of anilines is 1. The number of nitrogens with one attached hydrogen (secondary N) is 1. The molecule has 0 aliphatic rings. The summed E-state index contributed by atoms with van der Waals surface area (Å²) in [7, 11) is 1.69. The molecule has 6 nitrogen and oxygen atoms in total. The normalized spacial score (nSPS) is 10.0. The van der Waals surface area contributed by atoms with E-state index < -0.39 is 5.97 Å². The summed E-state index contributed by atoms with van der Waals surface area (Å²) in [6.07, 6.45) is 0. The highest BCUT2D eigenvalue weighted by atomic mass is 16.4. The Labute approximate surface area is 124 Å². The van der Waals surface area contributed by atoms with Crippen LogP contribution in [0.25, 0.3) is 0 Å². The first-order valence-electron chi connectivity index (χ1n) is 6.60. The van der Waals surface area contributed by atoms with E-state index in [-0.39, 0.29) is 23.6 Å². The number of rotatable bonds is 6. The molecule has 0 aromatic heterocycles. The van der Waals surface area contributed by atoms with E-state index in [0.29, 0.717) is 18.2 Å². The van der Waals surface area contributed by atoms with Gasteiger partial charge in [0.1, 0.15) is 6.07 Å². The van der Waals surface area contributed by atoms with Crippen molar-refractivity contribution in [2.75, 3.05) is 25.0 Å². The molecule has 1 aromatic rings. The molecule has 2 N–H and O–H groups in total. The molecule has 0 fully saturated rings. The van der Waals surface area contributed by atoms with Gasteiger partial charge in [0.05, 0.1) is 23.4 Å². The Morgan fingerprint density at radius 1 is 1.43 bits per heavy atom. The van der Waals surface area contributed by atoms with Crippen LogP contribution in [0.5, 0.6) is 0 Å². The largest absolute Gasteiger partial charge is 0.478 e. The highest BCUT2D eigenvalue weighted by Gasteiger charge is 2.14.